The fourth-order valence-electron chi connectivity index (χ4n) is 5.50. The third-order valence-electron chi connectivity index (χ3n) is 8.11. The zero-order valence-corrected chi connectivity index (χ0v) is 27.2. The first kappa shape index (κ1) is 33.0. The first-order valence-electron chi connectivity index (χ1n) is 15.8. The van der Waals surface area contributed by atoms with Crippen LogP contribution >= 0.6 is 0 Å². The van der Waals surface area contributed by atoms with Crippen molar-refractivity contribution >= 4 is 34.6 Å². The van der Waals surface area contributed by atoms with Crippen LogP contribution in [0.1, 0.15) is 30.6 Å². The molecule has 49 heavy (non-hydrogen) atoms. The van der Waals surface area contributed by atoms with Crippen LogP contribution in [0.3, 0.4) is 0 Å². The van der Waals surface area contributed by atoms with Crippen molar-refractivity contribution in [2.45, 2.75) is 26.4 Å². The van der Waals surface area contributed by atoms with Crippen molar-refractivity contribution < 1.29 is 23.4 Å². The second-order valence-corrected chi connectivity index (χ2v) is 11.2. The number of anilines is 4. The van der Waals surface area contributed by atoms with E-state index in [0.717, 1.165) is 24.4 Å². The maximum Gasteiger partial charge on any atom is 0.255 e. The summed E-state index contributed by atoms with van der Waals surface area (Å²) in [5, 5.41) is 15.8. The molecule has 3 heterocycles. The van der Waals surface area contributed by atoms with Crippen LogP contribution in [-0.2, 0) is 0 Å². The smallest absolute Gasteiger partial charge is 0.255 e. The minimum Gasteiger partial charge on any atom is -0.494 e. The molecule has 0 saturated carbocycles. The van der Waals surface area contributed by atoms with Crippen LogP contribution in [0.4, 0.5) is 31.8 Å². The summed E-state index contributed by atoms with van der Waals surface area (Å²) in [6.45, 7) is 5.21. The van der Waals surface area contributed by atoms with Crippen LogP contribution in [0.5, 0.6) is 5.75 Å². The third-order valence-corrected chi connectivity index (χ3v) is 8.11. The number of nitrogens with zero attached hydrogens (tertiary/aromatic N) is 5. The molecule has 10 nitrogen and oxygen atoms in total. The highest BCUT2D eigenvalue weighted by Gasteiger charge is 2.20. The van der Waals surface area contributed by atoms with Crippen molar-refractivity contribution in [2.75, 3.05) is 35.7 Å². The number of methoxy groups -OCH3 is 1. The predicted molar refractivity (Wildman–Crippen MR) is 186 cm³/mol. The van der Waals surface area contributed by atoms with Gasteiger partial charge in [-0.2, -0.15) is 0 Å². The summed E-state index contributed by atoms with van der Waals surface area (Å²) in [6, 6.07) is 23.2. The monoisotopic (exact) mass is 663 g/mol. The van der Waals surface area contributed by atoms with E-state index in [4.69, 9.17) is 14.7 Å². The SMILES string of the molecule is CC[C@@H](O)CN(CC)c1ccc(Nc2nccc(-c3c(-c4cccc(C(=O)Nc5c(F)cccc5F)c4)nc4ccccn34)n2)c(OC)c1. The zero-order valence-electron chi connectivity index (χ0n) is 27.2. The largest absolute Gasteiger partial charge is 0.494 e. The van der Waals surface area contributed by atoms with E-state index in [1.165, 1.54) is 6.07 Å². The summed E-state index contributed by atoms with van der Waals surface area (Å²) < 4.78 is 36.1. The fraction of sp³-hybridized carbons (Fsp3) is 0.189. The van der Waals surface area contributed by atoms with Crippen LogP contribution in [0, 0.1) is 11.6 Å². The summed E-state index contributed by atoms with van der Waals surface area (Å²) in [7, 11) is 1.59. The first-order valence-corrected chi connectivity index (χ1v) is 15.8. The molecule has 0 spiro atoms. The van der Waals surface area contributed by atoms with E-state index >= 15 is 0 Å². The van der Waals surface area contributed by atoms with E-state index < -0.39 is 29.3 Å². The number of imidazole rings is 1. The van der Waals surface area contributed by atoms with Gasteiger partial charge in [0.2, 0.25) is 5.95 Å². The van der Waals surface area contributed by atoms with E-state index in [2.05, 4.69) is 20.5 Å². The molecule has 1 amide bonds. The molecule has 1 atom stereocenters. The number of ether oxygens (including phenoxy) is 1. The Morgan fingerprint density at radius 1 is 0.980 bits per heavy atom. The molecule has 12 heteroatoms. The zero-order chi connectivity index (χ0) is 34.5. The highest BCUT2D eigenvalue weighted by atomic mass is 19.1. The summed E-state index contributed by atoms with van der Waals surface area (Å²) in [4.78, 5) is 29.3. The summed E-state index contributed by atoms with van der Waals surface area (Å²) in [5.41, 5.74) is 4.22. The Kier molecular flexibility index (Phi) is 9.77. The lowest BCUT2D eigenvalue weighted by Gasteiger charge is -2.26. The molecule has 0 aliphatic rings. The molecule has 0 aliphatic heterocycles. The minimum atomic E-state index is -0.872. The number of aromatic nitrogens is 4. The number of likely N-dealkylation sites (N-methyl/N-ethyl adjacent to an activating group) is 1. The quantitative estimate of drug-likeness (QED) is 0.125. The lowest BCUT2D eigenvalue weighted by Crippen LogP contribution is -2.31. The number of hydrogen-bond donors (Lipinski definition) is 3. The molecule has 0 unspecified atom stereocenters. The highest BCUT2D eigenvalue weighted by Crippen LogP contribution is 2.35. The van der Waals surface area contributed by atoms with E-state index in [0.29, 0.717) is 58.6 Å². The van der Waals surface area contributed by atoms with Crippen LogP contribution in [0.2, 0.25) is 0 Å². The van der Waals surface area contributed by atoms with Gasteiger partial charge >= 0.3 is 0 Å². The van der Waals surface area contributed by atoms with Gasteiger partial charge in [0, 0.05) is 48.4 Å². The number of para-hydroxylation sites is 1. The maximum atomic E-state index is 14.3. The number of fused-ring (bicyclic) bond motifs is 1. The number of pyridine rings is 1. The molecule has 0 bridgehead atoms. The third kappa shape index (κ3) is 7.04. The topological polar surface area (TPSA) is 117 Å². The van der Waals surface area contributed by atoms with E-state index in [9.17, 15) is 18.7 Å². The highest BCUT2D eigenvalue weighted by molar-refractivity contribution is 6.05. The van der Waals surface area contributed by atoms with E-state index in [-0.39, 0.29) is 5.56 Å². The molecule has 0 radical (unpaired) electrons. The lowest BCUT2D eigenvalue weighted by atomic mass is 10.0. The number of halogens is 2. The Balaban J connectivity index is 1.34. The maximum absolute atomic E-state index is 14.3. The number of benzene rings is 3. The second-order valence-electron chi connectivity index (χ2n) is 11.2. The number of amides is 1. The molecule has 6 rings (SSSR count). The van der Waals surface area contributed by atoms with Gasteiger partial charge in [0.1, 0.15) is 28.7 Å². The van der Waals surface area contributed by atoms with Gasteiger partial charge < -0.3 is 25.4 Å². The molecule has 3 aromatic carbocycles. The van der Waals surface area contributed by atoms with Crippen molar-refractivity contribution in [3.8, 4) is 28.4 Å². The van der Waals surface area contributed by atoms with Gasteiger partial charge in [-0.3, -0.25) is 9.20 Å². The van der Waals surface area contributed by atoms with Gasteiger partial charge in [0.15, 0.2) is 0 Å². The average Bonchev–Trinajstić information content (AvgIpc) is 3.52. The molecular formula is C37H35F2N7O3. The Labute approximate surface area is 282 Å². The normalized spacial score (nSPS) is 11.7. The van der Waals surface area contributed by atoms with Crippen molar-refractivity contribution in [1.82, 2.24) is 19.4 Å². The molecule has 0 saturated heterocycles. The van der Waals surface area contributed by atoms with Crippen molar-refractivity contribution in [2.24, 2.45) is 0 Å². The number of nitrogens with one attached hydrogen (secondary N) is 2. The van der Waals surface area contributed by atoms with Crippen LogP contribution in [0.25, 0.3) is 28.3 Å². The van der Waals surface area contributed by atoms with Crippen molar-refractivity contribution in [1.29, 1.82) is 0 Å². The Morgan fingerprint density at radius 3 is 2.53 bits per heavy atom. The molecule has 0 fully saturated rings. The first-order chi connectivity index (χ1) is 23.8. The van der Waals surface area contributed by atoms with E-state index in [1.807, 2.05) is 60.8 Å². The number of rotatable bonds is 12. The van der Waals surface area contributed by atoms with Gasteiger partial charge in [-0.25, -0.2) is 23.7 Å². The summed E-state index contributed by atoms with van der Waals surface area (Å²) >= 11 is 0. The van der Waals surface area contributed by atoms with Gasteiger partial charge in [-0.15, -0.1) is 0 Å². The van der Waals surface area contributed by atoms with Crippen molar-refractivity contribution in [3.63, 3.8) is 0 Å². The van der Waals surface area contributed by atoms with Gasteiger partial charge in [-0.1, -0.05) is 31.2 Å². The van der Waals surface area contributed by atoms with Gasteiger partial charge in [0.05, 0.1) is 36.0 Å². The number of carbonyl (C=O) groups excluding carboxylic acids is 1. The number of aliphatic hydroxyl groups excluding tert-OH is 1. The van der Waals surface area contributed by atoms with Crippen molar-refractivity contribution in [3.05, 3.63) is 115 Å². The fourth-order valence-corrected chi connectivity index (χ4v) is 5.50. The molecule has 250 valence electrons. The molecule has 3 aromatic heterocycles. The average molecular weight is 664 g/mol. The van der Waals surface area contributed by atoms with Crippen LogP contribution < -0.4 is 20.3 Å². The van der Waals surface area contributed by atoms with Crippen LogP contribution in [0.15, 0.2) is 97.3 Å². The number of carbonyl (C=O) groups is 1. The Morgan fingerprint density at radius 2 is 1.78 bits per heavy atom. The predicted octanol–water partition coefficient (Wildman–Crippen LogP) is 7.34. The lowest BCUT2D eigenvalue weighted by molar-refractivity contribution is 0.102. The Hall–Kier alpha value is -5.88. The molecular weight excluding hydrogens is 628 g/mol. The molecule has 6 aromatic rings. The number of hydrogen-bond acceptors (Lipinski definition) is 8. The standard InChI is InChI=1S/C37H35F2N7O3/c1-4-26(47)22-45(5-2)25-15-16-29(31(21-25)49-3)41-37-40-18-17-30(42-37)35-33(43-32-14-6-7-19-46(32)35)23-10-8-11-24(20-23)36(48)44-34-27(38)12-9-13-28(34)39/h6-21,26,47H,4-5,22H2,1-3H3,(H,44,48)(H,40,41,42)/t26-/m1/s1. The van der Waals surface area contributed by atoms with E-state index in [1.54, 1.807) is 43.6 Å². The van der Waals surface area contributed by atoms with Gasteiger partial charge in [0.25, 0.3) is 5.91 Å². The van der Waals surface area contributed by atoms with Gasteiger partial charge in [-0.05, 0) is 67.9 Å². The summed E-state index contributed by atoms with van der Waals surface area (Å²) in [5.74, 6) is -1.52. The molecule has 0 aliphatic carbocycles. The Bertz CT molecular complexity index is 2100. The minimum absolute atomic E-state index is 0.189. The van der Waals surface area contributed by atoms with Crippen LogP contribution in [-0.4, -0.2) is 56.7 Å². The second kappa shape index (κ2) is 14.5. The number of aliphatic hydroxyl groups is 1. The molecule has 3 N–H and O–H groups in total. The summed E-state index contributed by atoms with van der Waals surface area (Å²) in [6.07, 6.45) is 3.72.